The Balaban J connectivity index is 2.23. The van der Waals surface area contributed by atoms with Crippen molar-refractivity contribution < 1.29 is 17.2 Å². The molecule has 0 saturated carbocycles. The fraction of sp³-hybridized carbons (Fsp3) is 0.500. The minimum atomic E-state index is -3.89. The molecule has 1 aliphatic rings. The molecule has 0 radical (unpaired) electrons. The van der Waals surface area contributed by atoms with Crippen LogP contribution in [-0.2, 0) is 10.0 Å². The highest BCUT2D eigenvalue weighted by Crippen LogP contribution is 2.27. The Labute approximate surface area is 111 Å². The number of halogens is 2. The maximum absolute atomic E-state index is 13.6. The van der Waals surface area contributed by atoms with Crippen molar-refractivity contribution in [1.82, 2.24) is 4.31 Å². The van der Waals surface area contributed by atoms with Crippen molar-refractivity contribution in [1.29, 1.82) is 0 Å². The van der Waals surface area contributed by atoms with Gasteiger partial charge >= 0.3 is 0 Å². The standard InChI is InChI=1S/C12H16F2N2O2S/c13-10-1-2-12(11(14)7-10)19(17,18)16-6-4-9(8-16)3-5-15/h1-2,7,9H,3-6,8,15H2. The maximum atomic E-state index is 13.6. The van der Waals surface area contributed by atoms with Crippen molar-refractivity contribution in [2.45, 2.75) is 17.7 Å². The molecule has 1 aliphatic heterocycles. The third-order valence-electron chi connectivity index (χ3n) is 3.34. The monoisotopic (exact) mass is 290 g/mol. The normalized spacial score (nSPS) is 20.9. The van der Waals surface area contributed by atoms with Gasteiger partial charge in [0.25, 0.3) is 0 Å². The highest BCUT2D eigenvalue weighted by atomic mass is 32.2. The van der Waals surface area contributed by atoms with Gasteiger partial charge in [0, 0.05) is 19.2 Å². The van der Waals surface area contributed by atoms with E-state index in [-0.39, 0.29) is 5.92 Å². The van der Waals surface area contributed by atoms with Crippen molar-refractivity contribution in [2.24, 2.45) is 11.7 Å². The molecule has 0 amide bonds. The Hall–Kier alpha value is -1.05. The molecule has 0 aromatic heterocycles. The third kappa shape index (κ3) is 2.93. The smallest absolute Gasteiger partial charge is 0.245 e. The lowest BCUT2D eigenvalue weighted by molar-refractivity contribution is 0.443. The summed E-state index contributed by atoms with van der Waals surface area (Å²) in [5.74, 6) is -1.63. The van der Waals surface area contributed by atoms with E-state index < -0.39 is 26.6 Å². The summed E-state index contributed by atoms with van der Waals surface area (Å²) in [5.41, 5.74) is 5.45. The van der Waals surface area contributed by atoms with E-state index in [1.165, 1.54) is 4.31 Å². The quantitative estimate of drug-likeness (QED) is 0.909. The van der Waals surface area contributed by atoms with Crippen molar-refractivity contribution in [3.05, 3.63) is 29.8 Å². The van der Waals surface area contributed by atoms with Gasteiger partial charge in [-0.1, -0.05) is 0 Å². The summed E-state index contributed by atoms with van der Waals surface area (Å²) in [6, 6.07) is 2.50. The van der Waals surface area contributed by atoms with Crippen LogP contribution in [0.4, 0.5) is 8.78 Å². The molecule has 0 aliphatic carbocycles. The molecule has 0 bridgehead atoms. The summed E-state index contributed by atoms with van der Waals surface area (Å²) in [4.78, 5) is -0.470. The minimum absolute atomic E-state index is 0.211. The molecule has 1 aromatic carbocycles. The molecule has 4 nitrogen and oxygen atoms in total. The second kappa shape index (κ2) is 5.52. The first kappa shape index (κ1) is 14.4. The summed E-state index contributed by atoms with van der Waals surface area (Å²) in [7, 11) is -3.89. The molecule has 19 heavy (non-hydrogen) atoms. The zero-order chi connectivity index (χ0) is 14.0. The highest BCUT2D eigenvalue weighted by molar-refractivity contribution is 7.89. The first-order valence-electron chi connectivity index (χ1n) is 6.10. The lowest BCUT2D eigenvalue weighted by Crippen LogP contribution is -2.29. The van der Waals surface area contributed by atoms with Gasteiger partial charge in [-0.3, -0.25) is 0 Å². The van der Waals surface area contributed by atoms with Gasteiger partial charge in [-0.2, -0.15) is 4.31 Å². The molecule has 1 unspecified atom stereocenters. The summed E-state index contributed by atoms with van der Waals surface area (Å²) >= 11 is 0. The molecule has 7 heteroatoms. The minimum Gasteiger partial charge on any atom is -0.330 e. The van der Waals surface area contributed by atoms with Gasteiger partial charge in [-0.25, -0.2) is 17.2 Å². The molecule has 1 heterocycles. The molecule has 2 rings (SSSR count). The van der Waals surface area contributed by atoms with Crippen molar-refractivity contribution in [3.63, 3.8) is 0 Å². The van der Waals surface area contributed by atoms with E-state index in [0.29, 0.717) is 25.7 Å². The van der Waals surface area contributed by atoms with E-state index in [1.54, 1.807) is 0 Å². The van der Waals surface area contributed by atoms with Crippen LogP contribution in [0.15, 0.2) is 23.1 Å². The van der Waals surface area contributed by atoms with Gasteiger partial charge in [0.1, 0.15) is 16.5 Å². The molecule has 1 atom stereocenters. The fourth-order valence-corrected chi connectivity index (χ4v) is 3.89. The number of rotatable bonds is 4. The van der Waals surface area contributed by atoms with Gasteiger partial charge in [0.05, 0.1) is 0 Å². The number of nitrogens with two attached hydrogens (primary N) is 1. The van der Waals surface area contributed by atoms with Gasteiger partial charge < -0.3 is 5.73 Å². The molecule has 2 N–H and O–H groups in total. The van der Waals surface area contributed by atoms with Gasteiger partial charge in [-0.05, 0) is 37.4 Å². The Kier molecular flexibility index (Phi) is 4.17. The van der Waals surface area contributed by atoms with E-state index in [4.69, 9.17) is 5.73 Å². The van der Waals surface area contributed by atoms with Crippen molar-refractivity contribution in [2.75, 3.05) is 19.6 Å². The maximum Gasteiger partial charge on any atom is 0.245 e. The van der Waals surface area contributed by atoms with Crippen LogP contribution in [0.2, 0.25) is 0 Å². The van der Waals surface area contributed by atoms with E-state index in [2.05, 4.69) is 0 Å². The summed E-state index contributed by atoms with van der Waals surface area (Å²) in [6.07, 6.45) is 1.47. The van der Waals surface area contributed by atoms with Crippen LogP contribution in [0.5, 0.6) is 0 Å². The number of hydrogen-bond acceptors (Lipinski definition) is 3. The molecule has 0 spiro atoms. The highest BCUT2D eigenvalue weighted by Gasteiger charge is 2.33. The summed E-state index contributed by atoms with van der Waals surface area (Å²) < 4.78 is 52.1. The SMILES string of the molecule is NCCC1CCN(S(=O)(=O)c2ccc(F)cc2F)C1. The van der Waals surface area contributed by atoms with Crippen LogP contribution >= 0.6 is 0 Å². The van der Waals surface area contributed by atoms with E-state index >= 15 is 0 Å². The average Bonchev–Trinajstić information content (AvgIpc) is 2.78. The van der Waals surface area contributed by atoms with Gasteiger partial charge in [0.15, 0.2) is 0 Å². The third-order valence-corrected chi connectivity index (χ3v) is 5.23. The molecular weight excluding hydrogens is 274 g/mol. The van der Waals surface area contributed by atoms with Gasteiger partial charge in [0.2, 0.25) is 10.0 Å². The van der Waals surface area contributed by atoms with E-state index in [9.17, 15) is 17.2 Å². The van der Waals surface area contributed by atoms with E-state index in [0.717, 1.165) is 25.0 Å². The first-order chi connectivity index (χ1) is 8.95. The molecular formula is C12H16F2N2O2S. The van der Waals surface area contributed by atoms with Crippen LogP contribution in [0.1, 0.15) is 12.8 Å². The predicted molar refractivity (Wildman–Crippen MR) is 66.9 cm³/mol. The molecule has 1 aromatic rings. The topological polar surface area (TPSA) is 63.4 Å². The van der Waals surface area contributed by atoms with Crippen LogP contribution in [0, 0.1) is 17.6 Å². The number of hydrogen-bond donors (Lipinski definition) is 1. The zero-order valence-electron chi connectivity index (χ0n) is 10.4. The van der Waals surface area contributed by atoms with Crippen LogP contribution in [0.25, 0.3) is 0 Å². The van der Waals surface area contributed by atoms with Crippen molar-refractivity contribution in [3.8, 4) is 0 Å². The van der Waals surface area contributed by atoms with Crippen LogP contribution < -0.4 is 5.73 Å². The summed E-state index contributed by atoms with van der Waals surface area (Å²) in [6.45, 7) is 1.20. The van der Waals surface area contributed by atoms with E-state index in [1.807, 2.05) is 0 Å². The number of benzene rings is 1. The molecule has 106 valence electrons. The van der Waals surface area contributed by atoms with Crippen LogP contribution in [0.3, 0.4) is 0 Å². The number of nitrogens with zero attached hydrogens (tertiary/aromatic N) is 1. The largest absolute Gasteiger partial charge is 0.330 e. The Morgan fingerprint density at radius 2 is 2.11 bits per heavy atom. The predicted octanol–water partition coefficient (Wildman–Crippen LogP) is 1.32. The molecule has 1 saturated heterocycles. The number of sulfonamides is 1. The Morgan fingerprint density at radius 1 is 1.37 bits per heavy atom. The lowest BCUT2D eigenvalue weighted by atomic mass is 10.1. The average molecular weight is 290 g/mol. The lowest BCUT2D eigenvalue weighted by Gasteiger charge is -2.17. The van der Waals surface area contributed by atoms with Gasteiger partial charge in [-0.15, -0.1) is 0 Å². The zero-order valence-corrected chi connectivity index (χ0v) is 11.2. The second-order valence-corrected chi connectivity index (χ2v) is 6.58. The molecule has 1 fully saturated rings. The Bertz CT molecular complexity index is 563. The summed E-state index contributed by atoms with van der Waals surface area (Å²) in [5, 5.41) is 0. The van der Waals surface area contributed by atoms with Crippen molar-refractivity contribution >= 4 is 10.0 Å². The second-order valence-electron chi connectivity index (χ2n) is 4.67. The fourth-order valence-electron chi connectivity index (χ4n) is 2.31. The van der Waals surface area contributed by atoms with Crippen LogP contribution in [-0.4, -0.2) is 32.4 Å². The first-order valence-corrected chi connectivity index (χ1v) is 7.54. The Morgan fingerprint density at radius 3 is 2.74 bits per heavy atom.